The molecular weight excluding hydrogens is 376 g/mol. The molecule has 1 saturated heterocycles. The summed E-state index contributed by atoms with van der Waals surface area (Å²) >= 11 is 3.90. The van der Waals surface area contributed by atoms with Crippen LogP contribution in [0.15, 0.2) is 43.0 Å². The minimum atomic E-state index is -1.89. The zero-order chi connectivity index (χ0) is 19.4. The number of hydrogen-bond acceptors (Lipinski definition) is 4. The molecule has 2 atom stereocenters. The Hall–Kier alpha value is -0.203. The standard InChI is InChI=1S/C21H34O2S2Si/c1-7-18(19(22)16-23-26(5,6)20(2,3)4)21(24-14-11-15-25-21)17-12-9-8-10-13-17/h7-10,12-13,18-19,22H,1,11,14-16H2,2-6H3/t18-,19+/m0/s1. The van der Waals surface area contributed by atoms with Gasteiger partial charge in [0.05, 0.1) is 16.8 Å². The van der Waals surface area contributed by atoms with Crippen LogP contribution in [-0.2, 0) is 8.51 Å². The molecule has 1 fully saturated rings. The Balaban J connectivity index is 2.24. The number of rotatable bonds is 7. The predicted molar refractivity (Wildman–Crippen MR) is 120 cm³/mol. The number of thioether (sulfide) groups is 2. The summed E-state index contributed by atoms with van der Waals surface area (Å²) in [4.78, 5) is 0. The fraction of sp³-hybridized carbons (Fsp3) is 0.619. The van der Waals surface area contributed by atoms with Crippen LogP contribution < -0.4 is 0 Å². The topological polar surface area (TPSA) is 29.5 Å². The van der Waals surface area contributed by atoms with Crippen LogP contribution in [0.5, 0.6) is 0 Å². The molecule has 5 heteroatoms. The average Bonchev–Trinajstić information content (AvgIpc) is 2.61. The first-order valence-electron chi connectivity index (χ1n) is 9.42. The molecule has 1 aliphatic heterocycles. The van der Waals surface area contributed by atoms with Gasteiger partial charge in [0.1, 0.15) is 0 Å². The van der Waals surface area contributed by atoms with Gasteiger partial charge in [-0.05, 0) is 41.6 Å². The second-order valence-electron chi connectivity index (χ2n) is 8.48. The smallest absolute Gasteiger partial charge is 0.192 e. The quantitative estimate of drug-likeness (QED) is 0.448. The van der Waals surface area contributed by atoms with Crippen LogP contribution in [-0.4, -0.2) is 37.6 Å². The molecule has 2 nitrogen and oxygen atoms in total. The van der Waals surface area contributed by atoms with E-state index in [0.717, 1.165) is 11.5 Å². The second-order valence-corrected chi connectivity index (χ2v) is 16.2. The molecule has 1 N–H and O–H groups in total. The van der Waals surface area contributed by atoms with Crippen molar-refractivity contribution < 1.29 is 9.53 Å². The van der Waals surface area contributed by atoms with Gasteiger partial charge in [-0.25, -0.2) is 0 Å². The highest BCUT2D eigenvalue weighted by Gasteiger charge is 2.46. The highest BCUT2D eigenvalue weighted by Crippen LogP contribution is 2.56. The summed E-state index contributed by atoms with van der Waals surface area (Å²) in [5, 5.41) is 11.3. The summed E-state index contributed by atoms with van der Waals surface area (Å²) in [6, 6.07) is 10.6. The Labute approximate surface area is 169 Å². The Morgan fingerprint density at radius 3 is 2.31 bits per heavy atom. The van der Waals surface area contributed by atoms with Crippen molar-refractivity contribution >= 4 is 31.8 Å². The van der Waals surface area contributed by atoms with E-state index in [9.17, 15) is 5.11 Å². The van der Waals surface area contributed by atoms with Gasteiger partial charge < -0.3 is 9.53 Å². The van der Waals surface area contributed by atoms with Crippen molar-refractivity contribution in [3.05, 3.63) is 48.6 Å². The molecule has 1 aliphatic rings. The zero-order valence-corrected chi connectivity index (χ0v) is 19.5. The average molecular weight is 411 g/mol. The van der Waals surface area contributed by atoms with Gasteiger partial charge in [0, 0.05) is 5.92 Å². The molecule has 0 aliphatic carbocycles. The van der Waals surface area contributed by atoms with E-state index >= 15 is 0 Å². The van der Waals surface area contributed by atoms with Crippen LogP contribution in [0.1, 0.15) is 32.8 Å². The second kappa shape index (κ2) is 8.87. The van der Waals surface area contributed by atoms with Crippen molar-refractivity contribution in [1.29, 1.82) is 0 Å². The molecule has 1 aromatic carbocycles. The molecule has 0 aromatic heterocycles. The maximum atomic E-state index is 11.1. The first-order chi connectivity index (χ1) is 12.1. The molecule has 0 spiro atoms. The van der Waals surface area contributed by atoms with Crippen molar-refractivity contribution in [2.75, 3.05) is 18.1 Å². The van der Waals surface area contributed by atoms with Crippen LogP contribution in [0.2, 0.25) is 18.1 Å². The third kappa shape index (κ3) is 4.79. The lowest BCUT2D eigenvalue weighted by molar-refractivity contribution is 0.0633. The van der Waals surface area contributed by atoms with Crippen LogP contribution in [0, 0.1) is 5.92 Å². The summed E-state index contributed by atoms with van der Waals surface area (Å²) in [5.74, 6) is 2.18. The summed E-state index contributed by atoms with van der Waals surface area (Å²) in [6.45, 7) is 15.6. The molecule has 146 valence electrons. The molecule has 2 rings (SSSR count). The van der Waals surface area contributed by atoms with Crippen molar-refractivity contribution in [2.24, 2.45) is 5.92 Å². The van der Waals surface area contributed by atoms with E-state index < -0.39 is 14.4 Å². The maximum Gasteiger partial charge on any atom is 0.192 e. The summed E-state index contributed by atoms with van der Waals surface area (Å²) in [6.07, 6.45) is 2.60. The van der Waals surface area contributed by atoms with Gasteiger partial charge in [-0.3, -0.25) is 0 Å². The molecule has 0 bridgehead atoms. The first-order valence-corrected chi connectivity index (χ1v) is 14.3. The third-order valence-corrected chi connectivity index (χ3v) is 13.7. The number of hydrogen-bond donors (Lipinski definition) is 1. The van der Waals surface area contributed by atoms with Gasteiger partial charge in [0.25, 0.3) is 0 Å². The largest absolute Gasteiger partial charge is 0.414 e. The number of benzene rings is 1. The molecule has 0 amide bonds. The SMILES string of the molecule is C=C[C@@H]([C@H](O)CO[Si](C)(C)C(C)(C)C)C1(c2ccccc2)SCCCS1. The summed E-state index contributed by atoms with van der Waals surface area (Å²) < 4.78 is 6.15. The predicted octanol–water partition coefficient (Wildman–Crippen LogP) is 5.89. The van der Waals surface area contributed by atoms with Gasteiger partial charge in [0.15, 0.2) is 8.32 Å². The van der Waals surface area contributed by atoms with Gasteiger partial charge in [-0.1, -0.05) is 57.2 Å². The molecule has 0 radical (unpaired) electrons. The van der Waals surface area contributed by atoms with Crippen molar-refractivity contribution in [3.63, 3.8) is 0 Å². The number of aliphatic hydroxyl groups is 1. The van der Waals surface area contributed by atoms with Gasteiger partial charge in [-0.15, -0.1) is 30.1 Å². The lowest BCUT2D eigenvalue weighted by atomic mass is 9.93. The van der Waals surface area contributed by atoms with Gasteiger partial charge in [-0.2, -0.15) is 0 Å². The molecule has 1 heterocycles. The number of aliphatic hydroxyl groups excluding tert-OH is 1. The lowest BCUT2D eigenvalue weighted by Gasteiger charge is -2.44. The van der Waals surface area contributed by atoms with Gasteiger partial charge >= 0.3 is 0 Å². The monoisotopic (exact) mass is 410 g/mol. The van der Waals surface area contributed by atoms with Gasteiger partial charge in [0.2, 0.25) is 0 Å². The van der Waals surface area contributed by atoms with E-state index in [4.69, 9.17) is 4.43 Å². The van der Waals surface area contributed by atoms with Crippen molar-refractivity contribution in [3.8, 4) is 0 Å². The molecule has 26 heavy (non-hydrogen) atoms. The lowest BCUT2D eigenvalue weighted by Crippen LogP contribution is -2.46. The van der Waals surface area contributed by atoms with Crippen LogP contribution in [0.4, 0.5) is 0 Å². The summed E-state index contributed by atoms with van der Waals surface area (Å²) in [5.41, 5.74) is 1.27. The minimum absolute atomic E-state index is 0.0510. The van der Waals surface area contributed by atoms with E-state index in [1.165, 1.54) is 12.0 Å². The first kappa shape index (κ1) is 22.1. The van der Waals surface area contributed by atoms with E-state index in [1.54, 1.807) is 0 Å². The fourth-order valence-electron chi connectivity index (χ4n) is 2.95. The van der Waals surface area contributed by atoms with E-state index in [-0.39, 0.29) is 15.0 Å². The zero-order valence-electron chi connectivity index (χ0n) is 16.8. The maximum absolute atomic E-state index is 11.1. The Morgan fingerprint density at radius 1 is 1.23 bits per heavy atom. The Bertz CT molecular complexity index is 577. The van der Waals surface area contributed by atoms with Crippen molar-refractivity contribution in [2.45, 2.75) is 55.5 Å². The molecule has 1 aromatic rings. The highest BCUT2D eigenvalue weighted by molar-refractivity contribution is 8.18. The van der Waals surface area contributed by atoms with Crippen molar-refractivity contribution in [1.82, 2.24) is 0 Å². The summed E-state index contributed by atoms with van der Waals surface area (Å²) in [7, 11) is -1.89. The highest BCUT2D eigenvalue weighted by atomic mass is 32.2. The van der Waals surface area contributed by atoms with Crippen LogP contribution in [0.3, 0.4) is 0 Å². The van der Waals surface area contributed by atoms with E-state index in [0.29, 0.717) is 6.61 Å². The molecule has 0 saturated carbocycles. The van der Waals surface area contributed by atoms with E-state index in [2.05, 4.69) is 70.8 Å². The molecular formula is C21H34O2S2Si. The normalized spacial score (nSPS) is 20.4. The molecule has 0 unspecified atom stereocenters. The van der Waals surface area contributed by atoms with Crippen LogP contribution >= 0.6 is 23.5 Å². The Morgan fingerprint density at radius 2 is 1.81 bits per heavy atom. The van der Waals surface area contributed by atoms with E-state index in [1.807, 2.05) is 29.6 Å². The van der Waals surface area contributed by atoms with Crippen LogP contribution in [0.25, 0.3) is 0 Å². The minimum Gasteiger partial charge on any atom is -0.414 e. The Kier molecular flexibility index (Phi) is 7.53. The fourth-order valence-corrected chi connectivity index (χ4v) is 7.67. The third-order valence-electron chi connectivity index (χ3n) is 5.63.